The van der Waals surface area contributed by atoms with Crippen LogP contribution in [0.25, 0.3) is 0 Å². The molecule has 2 rings (SSSR count). The van der Waals surface area contributed by atoms with Crippen LogP contribution in [0.15, 0.2) is 12.1 Å². The van der Waals surface area contributed by atoms with Gasteiger partial charge in [-0.2, -0.15) is 0 Å². The first kappa shape index (κ1) is 10.7. The first-order chi connectivity index (χ1) is 7.43. The molecular formula is C11H13NO4. The molecule has 0 saturated carbocycles. The largest absolute Gasteiger partial charge is 0.493 e. The number of nitro groups is 1. The normalized spacial score (nSPS) is 16.4. The second-order valence-electron chi connectivity index (χ2n) is 4.43. The fourth-order valence-electron chi connectivity index (χ4n) is 1.92. The highest BCUT2D eigenvalue weighted by molar-refractivity contribution is 5.56. The number of fused-ring (bicyclic) bond motifs is 1. The van der Waals surface area contributed by atoms with Crippen molar-refractivity contribution >= 4 is 5.69 Å². The summed E-state index contributed by atoms with van der Waals surface area (Å²) in [6.45, 7) is 3.89. The van der Waals surface area contributed by atoms with Crippen molar-refractivity contribution in [3.63, 3.8) is 0 Å². The van der Waals surface area contributed by atoms with Crippen LogP contribution in [0.5, 0.6) is 11.5 Å². The van der Waals surface area contributed by atoms with Gasteiger partial charge in [0.1, 0.15) is 5.60 Å². The van der Waals surface area contributed by atoms with Gasteiger partial charge in [-0.05, 0) is 13.8 Å². The Balaban J connectivity index is 2.53. The Bertz CT molecular complexity index is 454. The van der Waals surface area contributed by atoms with E-state index in [-0.39, 0.29) is 11.3 Å². The van der Waals surface area contributed by atoms with E-state index < -0.39 is 4.92 Å². The summed E-state index contributed by atoms with van der Waals surface area (Å²) in [6, 6.07) is 2.94. The topological polar surface area (TPSA) is 61.6 Å². The number of ether oxygens (including phenoxy) is 2. The molecule has 1 aromatic carbocycles. The molecular weight excluding hydrogens is 210 g/mol. The van der Waals surface area contributed by atoms with Gasteiger partial charge in [0.15, 0.2) is 11.5 Å². The summed E-state index contributed by atoms with van der Waals surface area (Å²) >= 11 is 0. The van der Waals surface area contributed by atoms with E-state index in [2.05, 4.69) is 0 Å². The molecule has 0 fully saturated rings. The third kappa shape index (κ3) is 1.68. The number of nitrogens with zero attached hydrogens (tertiary/aromatic N) is 1. The quantitative estimate of drug-likeness (QED) is 0.570. The minimum absolute atomic E-state index is 0.0388. The highest BCUT2D eigenvalue weighted by Crippen LogP contribution is 2.44. The molecule has 1 heterocycles. The Morgan fingerprint density at radius 1 is 1.50 bits per heavy atom. The average molecular weight is 223 g/mol. The maximum Gasteiger partial charge on any atom is 0.273 e. The van der Waals surface area contributed by atoms with E-state index in [9.17, 15) is 10.1 Å². The van der Waals surface area contributed by atoms with Crippen LogP contribution in [0.3, 0.4) is 0 Å². The van der Waals surface area contributed by atoms with Crippen LogP contribution < -0.4 is 9.47 Å². The van der Waals surface area contributed by atoms with E-state index in [0.29, 0.717) is 17.9 Å². The molecule has 1 aliphatic heterocycles. The van der Waals surface area contributed by atoms with Gasteiger partial charge < -0.3 is 9.47 Å². The van der Waals surface area contributed by atoms with Gasteiger partial charge in [-0.3, -0.25) is 10.1 Å². The Labute approximate surface area is 93.1 Å². The minimum atomic E-state index is -0.422. The second kappa shape index (κ2) is 3.37. The third-order valence-corrected chi connectivity index (χ3v) is 2.54. The Hall–Kier alpha value is -1.78. The van der Waals surface area contributed by atoms with Gasteiger partial charge in [0.25, 0.3) is 5.69 Å². The van der Waals surface area contributed by atoms with E-state index in [1.54, 1.807) is 6.07 Å². The molecule has 86 valence electrons. The number of non-ortho nitro benzene ring substituents is 1. The van der Waals surface area contributed by atoms with Crippen LogP contribution in [0.1, 0.15) is 19.4 Å². The minimum Gasteiger partial charge on any atom is -0.493 e. The van der Waals surface area contributed by atoms with Crippen LogP contribution in [0, 0.1) is 10.1 Å². The Morgan fingerprint density at radius 2 is 2.19 bits per heavy atom. The van der Waals surface area contributed by atoms with Gasteiger partial charge in [-0.15, -0.1) is 0 Å². The second-order valence-corrected chi connectivity index (χ2v) is 4.43. The Kier molecular flexibility index (Phi) is 2.26. The predicted octanol–water partition coefficient (Wildman–Crippen LogP) is 2.32. The summed E-state index contributed by atoms with van der Waals surface area (Å²) in [5.74, 6) is 1.05. The summed E-state index contributed by atoms with van der Waals surface area (Å²) in [5, 5.41) is 10.7. The zero-order valence-corrected chi connectivity index (χ0v) is 9.44. The van der Waals surface area contributed by atoms with Crippen molar-refractivity contribution < 1.29 is 14.4 Å². The molecule has 5 nitrogen and oxygen atoms in total. The van der Waals surface area contributed by atoms with E-state index in [4.69, 9.17) is 9.47 Å². The zero-order chi connectivity index (χ0) is 11.9. The molecule has 1 aromatic rings. The summed E-state index contributed by atoms with van der Waals surface area (Å²) in [4.78, 5) is 10.3. The number of methoxy groups -OCH3 is 1. The summed E-state index contributed by atoms with van der Waals surface area (Å²) < 4.78 is 10.8. The molecule has 0 aromatic heterocycles. The van der Waals surface area contributed by atoms with E-state index in [0.717, 1.165) is 5.56 Å². The van der Waals surface area contributed by atoms with Crippen LogP contribution in [0.2, 0.25) is 0 Å². The first-order valence-corrected chi connectivity index (χ1v) is 4.97. The standard InChI is InChI=1S/C11H13NO4/c1-11(2)6-7-4-8(12(13)14)5-9(15-3)10(7)16-11/h4-5H,6H2,1-3H3. The van der Waals surface area contributed by atoms with Gasteiger partial charge >= 0.3 is 0 Å². The highest BCUT2D eigenvalue weighted by Gasteiger charge is 2.34. The molecule has 0 radical (unpaired) electrons. The fourth-order valence-corrected chi connectivity index (χ4v) is 1.92. The molecule has 1 aliphatic rings. The molecule has 0 bridgehead atoms. The monoisotopic (exact) mass is 223 g/mol. The lowest BCUT2D eigenvalue weighted by atomic mass is 10.0. The molecule has 0 N–H and O–H groups in total. The lowest BCUT2D eigenvalue weighted by Crippen LogP contribution is -2.24. The number of nitro benzene ring substituents is 1. The number of hydrogen-bond acceptors (Lipinski definition) is 4. The SMILES string of the molecule is COc1cc([N+](=O)[O-])cc2c1OC(C)(C)C2. The van der Waals surface area contributed by atoms with Crippen LogP contribution in [-0.4, -0.2) is 17.6 Å². The third-order valence-electron chi connectivity index (χ3n) is 2.54. The summed E-state index contributed by atoms with van der Waals surface area (Å²) in [7, 11) is 1.48. The summed E-state index contributed by atoms with van der Waals surface area (Å²) in [5.41, 5.74) is 0.540. The number of benzene rings is 1. The van der Waals surface area contributed by atoms with Crippen LogP contribution in [0.4, 0.5) is 5.69 Å². The number of hydrogen-bond donors (Lipinski definition) is 0. The lowest BCUT2D eigenvalue weighted by Gasteiger charge is -2.17. The van der Waals surface area contributed by atoms with Gasteiger partial charge in [-0.1, -0.05) is 0 Å². The molecule has 0 unspecified atom stereocenters. The number of rotatable bonds is 2. The zero-order valence-electron chi connectivity index (χ0n) is 9.44. The Morgan fingerprint density at radius 3 is 2.75 bits per heavy atom. The van der Waals surface area contributed by atoms with Crippen LogP contribution >= 0.6 is 0 Å². The smallest absolute Gasteiger partial charge is 0.273 e. The first-order valence-electron chi connectivity index (χ1n) is 4.97. The van der Waals surface area contributed by atoms with Crippen molar-refractivity contribution in [2.45, 2.75) is 25.9 Å². The van der Waals surface area contributed by atoms with Gasteiger partial charge in [0, 0.05) is 18.1 Å². The molecule has 5 heteroatoms. The van der Waals surface area contributed by atoms with Crippen molar-refractivity contribution in [3.05, 3.63) is 27.8 Å². The maximum atomic E-state index is 10.7. The predicted molar refractivity (Wildman–Crippen MR) is 58.1 cm³/mol. The van der Waals surface area contributed by atoms with Crippen molar-refractivity contribution in [2.24, 2.45) is 0 Å². The van der Waals surface area contributed by atoms with Gasteiger partial charge in [-0.25, -0.2) is 0 Å². The van der Waals surface area contributed by atoms with E-state index in [1.165, 1.54) is 13.2 Å². The molecule has 0 atom stereocenters. The average Bonchev–Trinajstić information content (AvgIpc) is 2.49. The van der Waals surface area contributed by atoms with Crippen molar-refractivity contribution in [2.75, 3.05) is 7.11 Å². The van der Waals surface area contributed by atoms with Crippen LogP contribution in [-0.2, 0) is 6.42 Å². The fraction of sp³-hybridized carbons (Fsp3) is 0.455. The molecule has 16 heavy (non-hydrogen) atoms. The van der Waals surface area contributed by atoms with Gasteiger partial charge in [0.2, 0.25) is 0 Å². The molecule has 0 spiro atoms. The molecule has 0 amide bonds. The molecule has 0 aliphatic carbocycles. The van der Waals surface area contributed by atoms with Crippen molar-refractivity contribution in [1.82, 2.24) is 0 Å². The summed E-state index contributed by atoms with van der Waals surface area (Å²) in [6.07, 6.45) is 0.653. The maximum absolute atomic E-state index is 10.7. The van der Waals surface area contributed by atoms with E-state index in [1.807, 2.05) is 13.8 Å². The van der Waals surface area contributed by atoms with E-state index >= 15 is 0 Å². The lowest BCUT2D eigenvalue weighted by molar-refractivity contribution is -0.385. The van der Waals surface area contributed by atoms with Crippen molar-refractivity contribution in [1.29, 1.82) is 0 Å². The van der Waals surface area contributed by atoms with Crippen molar-refractivity contribution in [3.8, 4) is 11.5 Å². The van der Waals surface area contributed by atoms with Gasteiger partial charge in [0.05, 0.1) is 18.1 Å². The highest BCUT2D eigenvalue weighted by atomic mass is 16.6. The molecule has 0 saturated heterocycles.